The third-order valence-electron chi connectivity index (χ3n) is 3.14. The lowest BCUT2D eigenvalue weighted by atomic mass is 9.87. The Kier molecular flexibility index (Phi) is 4.12. The van der Waals surface area contributed by atoms with Crippen molar-refractivity contribution in [3.8, 4) is 0 Å². The van der Waals surface area contributed by atoms with Gasteiger partial charge in [-0.3, -0.25) is 0 Å². The Morgan fingerprint density at radius 3 is 3.06 bits per heavy atom. The van der Waals surface area contributed by atoms with Crippen LogP contribution in [0.25, 0.3) is 0 Å². The molecule has 1 aliphatic rings. The minimum atomic E-state index is -0.594. The molecule has 1 aromatic carbocycles. The van der Waals surface area contributed by atoms with Crippen LogP contribution in [0.4, 0.5) is 13.6 Å². The predicted octanol–water partition coefficient (Wildman–Crippen LogP) is 2.47. The molecule has 1 aromatic rings. The van der Waals surface area contributed by atoms with Gasteiger partial charge in [0.1, 0.15) is 12.5 Å². The fourth-order valence-corrected chi connectivity index (χ4v) is 2.32. The third kappa shape index (κ3) is 2.78. The molecule has 0 saturated heterocycles. The van der Waals surface area contributed by atoms with Crippen LogP contribution in [0.3, 0.4) is 0 Å². The van der Waals surface area contributed by atoms with E-state index in [1.165, 1.54) is 6.07 Å². The number of alkyl halides is 1. The van der Waals surface area contributed by atoms with Crippen molar-refractivity contribution in [1.82, 2.24) is 10.6 Å². The largest absolute Gasteiger partial charge is 0.336 e. The first-order valence-corrected chi connectivity index (χ1v) is 6.10. The molecule has 0 saturated carbocycles. The number of hydrogen-bond donors (Lipinski definition) is 2. The molecule has 18 heavy (non-hydrogen) atoms. The number of nitrogens with one attached hydrogen (secondary N) is 2. The summed E-state index contributed by atoms with van der Waals surface area (Å²) in [6, 6.07) is 4.31. The predicted molar refractivity (Wildman–Crippen MR) is 64.6 cm³/mol. The molecule has 2 amide bonds. The molecule has 1 aliphatic carbocycles. The van der Waals surface area contributed by atoms with Crippen molar-refractivity contribution < 1.29 is 13.6 Å². The summed E-state index contributed by atoms with van der Waals surface area (Å²) < 4.78 is 25.5. The molecule has 0 radical (unpaired) electrons. The van der Waals surface area contributed by atoms with Crippen LogP contribution in [0.5, 0.6) is 0 Å². The van der Waals surface area contributed by atoms with Crippen LogP contribution in [-0.4, -0.2) is 19.3 Å². The number of amides is 2. The Labute approximate surface area is 105 Å². The third-order valence-corrected chi connectivity index (χ3v) is 3.14. The molecule has 0 heterocycles. The van der Waals surface area contributed by atoms with Crippen molar-refractivity contribution >= 4 is 6.03 Å². The first-order chi connectivity index (χ1) is 8.72. The molecule has 98 valence electrons. The Hall–Kier alpha value is -1.65. The lowest BCUT2D eigenvalue weighted by molar-refractivity contribution is 0.234. The average Bonchev–Trinajstić information content (AvgIpc) is 2.38. The summed E-state index contributed by atoms with van der Waals surface area (Å²) in [6.07, 6.45) is 2.31. The topological polar surface area (TPSA) is 41.1 Å². The zero-order valence-electron chi connectivity index (χ0n) is 10.0. The number of hydrogen-bond acceptors (Lipinski definition) is 1. The molecule has 5 heteroatoms. The molecule has 0 fully saturated rings. The molecular formula is C13H16F2N2O. The van der Waals surface area contributed by atoms with Gasteiger partial charge in [0, 0.05) is 6.54 Å². The van der Waals surface area contributed by atoms with E-state index in [9.17, 15) is 13.6 Å². The van der Waals surface area contributed by atoms with Crippen LogP contribution in [0, 0.1) is 5.82 Å². The number of rotatable bonds is 3. The van der Waals surface area contributed by atoms with Crippen LogP contribution in [-0.2, 0) is 6.42 Å². The lowest BCUT2D eigenvalue weighted by Crippen LogP contribution is -2.40. The van der Waals surface area contributed by atoms with Gasteiger partial charge in [-0.25, -0.2) is 13.6 Å². The van der Waals surface area contributed by atoms with Gasteiger partial charge in [-0.15, -0.1) is 0 Å². The standard InChI is InChI=1S/C13H16F2N2O/c14-7-8-16-13(18)17-12-6-2-3-9-10(12)4-1-5-11(9)15/h1,4-5,12H,2-3,6-8H2,(H2,16,17,18)/t12-/m0/s1. The van der Waals surface area contributed by atoms with Gasteiger partial charge >= 0.3 is 6.03 Å². The van der Waals surface area contributed by atoms with Crippen LogP contribution in [0.1, 0.15) is 30.0 Å². The van der Waals surface area contributed by atoms with Crippen molar-refractivity contribution in [1.29, 1.82) is 0 Å². The molecule has 1 atom stereocenters. The molecule has 0 bridgehead atoms. The highest BCUT2D eigenvalue weighted by atomic mass is 19.1. The SMILES string of the molecule is O=C(NCCF)N[C@H]1CCCc2c(F)cccc21. The van der Waals surface area contributed by atoms with Gasteiger partial charge in [0.15, 0.2) is 0 Å². The first kappa shape index (κ1) is 12.8. The van der Waals surface area contributed by atoms with E-state index >= 15 is 0 Å². The Bertz CT molecular complexity index is 437. The zero-order chi connectivity index (χ0) is 13.0. The number of urea groups is 1. The molecule has 0 spiro atoms. The number of fused-ring (bicyclic) bond motifs is 1. The molecule has 3 nitrogen and oxygen atoms in total. The summed E-state index contributed by atoms with van der Waals surface area (Å²) in [7, 11) is 0. The zero-order valence-corrected chi connectivity index (χ0v) is 10.0. The first-order valence-electron chi connectivity index (χ1n) is 6.10. The number of benzene rings is 1. The second-order valence-corrected chi connectivity index (χ2v) is 4.34. The van der Waals surface area contributed by atoms with Crippen molar-refractivity contribution in [3.63, 3.8) is 0 Å². The van der Waals surface area contributed by atoms with E-state index in [1.807, 2.05) is 6.07 Å². The fraction of sp³-hybridized carbons (Fsp3) is 0.462. The quantitative estimate of drug-likeness (QED) is 0.854. The maximum absolute atomic E-state index is 13.6. The Morgan fingerprint density at radius 1 is 1.44 bits per heavy atom. The van der Waals surface area contributed by atoms with E-state index in [2.05, 4.69) is 10.6 Å². The van der Waals surface area contributed by atoms with E-state index in [1.54, 1.807) is 6.07 Å². The Balaban J connectivity index is 2.08. The second-order valence-electron chi connectivity index (χ2n) is 4.34. The van der Waals surface area contributed by atoms with Gasteiger partial charge < -0.3 is 10.6 Å². The highest BCUT2D eigenvalue weighted by Crippen LogP contribution is 2.30. The molecule has 2 rings (SSSR count). The average molecular weight is 254 g/mol. The normalized spacial score (nSPS) is 18.0. The van der Waals surface area contributed by atoms with E-state index in [0.29, 0.717) is 12.0 Å². The maximum Gasteiger partial charge on any atom is 0.315 e. The van der Waals surface area contributed by atoms with Crippen LogP contribution < -0.4 is 10.6 Å². The van der Waals surface area contributed by atoms with Gasteiger partial charge in [0.2, 0.25) is 0 Å². The van der Waals surface area contributed by atoms with Gasteiger partial charge in [0.05, 0.1) is 6.04 Å². The van der Waals surface area contributed by atoms with E-state index in [-0.39, 0.29) is 18.4 Å². The molecule has 0 aromatic heterocycles. The smallest absolute Gasteiger partial charge is 0.315 e. The lowest BCUT2D eigenvalue weighted by Gasteiger charge is -2.26. The van der Waals surface area contributed by atoms with E-state index < -0.39 is 12.7 Å². The number of halogens is 2. The molecule has 0 unspecified atom stereocenters. The van der Waals surface area contributed by atoms with Gasteiger partial charge in [-0.05, 0) is 36.5 Å². The van der Waals surface area contributed by atoms with Gasteiger partial charge in [0.25, 0.3) is 0 Å². The second kappa shape index (κ2) is 5.80. The molecule has 2 N–H and O–H groups in total. The van der Waals surface area contributed by atoms with Gasteiger partial charge in [-0.1, -0.05) is 12.1 Å². The maximum atomic E-state index is 13.6. The highest BCUT2D eigenvalue weighted by Gasteiger charge is 2.23. The summed E-state index contributed by atoms with van der Waals surface area (Å²) in [5.41, 5.74) is 1.51. The number of carbonyl (C=O) groups is 1. The molecule has 0 aliphatic heterocycles. The van der Waals surface area contributed by atoms with Crippen LogP contribution in [0.15, 0.2) is 18.2 Å². The minimum absolute atomic E-state index is 0.00540. The summed E-state index contributed by atoms with van der Waals surface area (Å²) in [5.74, 6) is -0.219. The van der Waals surface area contributed by atoms with Crippen LogP contribution in [0.2, 0.25) is 0 Å². The van der Waals surface area contributed by atoms with Crippen molar-refractivity contribution in [2.45, 2.75) is 25.3 Å². The van der Waals surface area contributed by atoms with Gasteiger partial charge in [-0.2, -0.15) is 0 Å². The number of carbonyl (C=O) groups excluding carboxylic acids is 1. The van der Waals surface area contributed by atoms with E-state index in [4.69, 9.17) is 0 Å². The summed E-state index contributed by atoms with van der Waals surface area (Å²) in [6.45, 7) is -0.599. The fourth-order valence-electron chi connectivity index (χ4n) is 2.32. The van der Waals surface area contributed by atoms with Crippen LogP contribution >= 0.6 is 0 Å². The summed E-state index contributed by atoms with van der Waals surface area (Å²) in [5, 5.41) is 5.16. The highest BCUT2D eigenvalue weighted by molar-refractivity contribution is 5.74. The van der Waals surface area contributed by atoms with Crippen molar-refractivity contribution in [3.05, 3.63) is 35.1 Å². The Morgan fingerprint density at radius 2 is 2.28 bits per heavy atom. The van der Waals surface area contributed by atoms with Crippen molar-refractivity contribution in [2.75, 3.05) is 13.2 Å². The monoisotopic (exact) mass is 254 g/mol. The minimum Gasteiger partial charge on any atom is -0.336 e. The molecular weight excluding hydrogens is 238 g/mol. The van der Waals surface area contributed by atoms with E-state index in [0.717, 1.165) is 18.4 Å². The summed E-state index contributed by atoms with van der Waals surface area (Å²) in [4.78, 5) is 11.5. The van der Waals surface area contributed by atoms with Crippen molar-refractivity contribution in [2.24, 2.45) is 0 Å². The summed E-state index contributed by atoms with van der Waals surface area (Å²) >= 11 is 0.